The summed E-state index contributed by atoms with van der Waals surface area (Å²) in [6, 6.07) is 9.25. The molecule has 62 valence electrons. The minimum Gasteiger partial charge on any atom is -0.361 e. The van der Waals surface area contributed by atoms with Crippen molar-refractivity contribution in [2.45, 2.75) is 19.1 Å². The van der Waals surface area contributed by atoms with Gasteiger partial charge in [0.05, 0.1) is 6.10 Å². The average molecular weight is 162 g/mol. The van der Waals surface area contributed by atoms with E-state index < -0.39 is 0 Å². The summed E-state index contributed by atoms with van der Waals surface area (Å²) >= 11 is 0. The predicted molar refractivity (Wildman–Crippen MR) is 45.1 cm³/mol. The molecule has 0 saturated carbocycles. The van der Waals surface area contributed by atoms with Crippen molar-refractivity contribution < 1.29 is 9.53 Å². The Bertz CT molecular complexity index is 292. The number of benzene rings is 1. The lowest BCUT2D eigenvalue weighted by atomic mass is 10.1. The first-order valence-electron chi connectivity index (χ1n) is 4.04. The van der Waals surface area contributed by atoms with Gasteiger partial charge in [-0.3, -0.25) is 4.79 Å². The van der Waals surface area contributed by atoms with Gasteiger partial charge in [-0.2, -0.15) is 0 Å². The van der Waals surface area contributed by atoms with Crippen molar-refractivity contribution >= 4 is 5.78 Å². The van der Waals surface area contributed by atoms with Gasteiger partial charge in [-0.1, -0.05) is 30.3 Å². The molecule has 1 aromatic carbocycles. The number of hydrogen-bond donors (Lipinski definition) is 0. The van der Waals surface area contributed by atoms with E-state index in [4.69, 9.17) is 4.74 Å². The maximum atomic E-state index is 11.5. The van der Waals surface area contributed by atoms with Gasteiger partial charge in [0.2, 0.25) is 0 Å². The zero-order valence-electron chi connectivity index (χ0n) is 6.86. The number of ether oxygens (including phenoxy) is 1. The highest BCUT2D eigenvalue weighted by atomic mass is 16.6. The Labute approximate surface area is 71.2 Å². The van der Waals surface area contributed by atoms with Crippen molar-refractivity contribution in [1.82, 2.24) is 0 Å². The molecule has 2 heteroatoms. The number of rotatable bonds is 2. The van der Waals surface area contributed by atoms with E-state index >= 15 is 0 Å². The monoisotopic (exact) mass is 162 g/mol. The summed E-state index contributed by atoms with van der Waals surface area (Å²) in [5, 5.41) is 0. The van der Waals surface area contributed by atoms with Crippen molar-refractivity contribution in [2.75, 3.05) is 0 Å². The van der Waals surface area contributed by atoms with Crippen LogP contribution < -0.4 is 0 Å². The molecule has 1 aliphatic heterocycles. The summed E-state index contributed by atoms with van der Waals surface area (Å²) in [6.07, 6.45) is -0.0786. The molecule has 0 radical (unpaired) electrons. The highest BCUT2D eigenvalue weighted by molar-refractivity contribution is 6.01. The van der Waals surface area contributed by atoms with E-state index in [9.17, 15) is 4.79 Å². The Morgan fingerprint density at radius 2 is 1.92 bits per heavy atom. The predicted octanol–water partition coefficient (Wildman–Crippen LogP) is 1.66. The lowest BCUT2D eigenvalue weighted by Crippen LogP contribution is -2.08. The van der Waals surface area contributed by atoms with Crippen LogP contribution in [0.5, 0.6) is 0 Å². The average Bonchev–Trinajstić information content (AvgIpc) is 2.83. The quantitative estimate of drug-likeness (QED) is 0.489. The molecule has 0 aliphatic carbocycles. The van der Waals surface area contributed by atoms with E-state index in [-0.39, 0.29) is 18.0 Å². The molecular weight excluding hydrogens is 152 g/mol. The minimum atomic E-state index is -0.188. The first-order valence-corrected chi connectivity index (χ1v) is 4.04. The number of Topliss-reactive ketones (excluding diaryl/α,β-unsaturated/α-hetero) is 1. The van der Waals surface area contributed by atoms with Crippen molar-refractivity contribution in [3.8, 4) is 0 Å². The van der Waals surface area contributed by atoms with Crippen LogP contribution >= 0.6 is 0 Å². The standard InChI is InChI=1S/C10H10O2/c1-7-10(12-7)9(11)8-5-3-2-4-6-8/h2-7,10H,1H3/t7-,10-/m0/s1. The number of carbonyl (C=O) groups is 1. The fraction of sp³-hybridized carbons (Fsp3) is 0.300. The van der Waals surface area contributed by atoms with Gasteiger partial charge in [0, 0.05) is 5.56 Å². The molecule has 0 aromatic heterocycles. The van der Waals surface area contributed by atoms with E-state index in [2.05, 4.69) is 0 Å². The third-order valence-corrected chi connectivity index (χ3v) is 2.03. The number of epoxide rings is 1. The van der Waals surface area contributed by atoms with Gasteiger partial charge < -0.3 is 4.74 Å². The van der Waals surface area contributed by atoms with E-state index in [1.165, 1.54) is 0 Å². The maximum Gasteiger partial charge on any atom is 0.194 e. The molecule has 1 aliphatic rings. The van der Waals surface area contributed by atoms with E-state index in [0.717, 1.165) is 5.56 Å². The van der Waals surface area contributed by atoms with Crippen LogP contribution in [0.2, 0.25) is 0 Å². The minimum absolute atomic E-state index is 0.100. The summed E-state index contributed by atoms with van der Waals surface area (Å²) < 4.78 is 5.08. The van der Waals surface area contributed by atoms with Gasteiger partial charge in [-0.25, -0.2) is 0 Å². The number of ketones is 1. The van der Waals surface area contributed by atoms with Crippen molar-refractivity contribution in [3.63, 3.8) is 0 Å². The number of carbonyl (C=O) groups excluding carboxylic acids is 1. The molecule has 2 rings (SSSR count). The van der Waals surface area contributed by atoms with Crippen LogP contribution in [0, 0.1) is 0 Å². The SMILES string of the molecule is C[C@@H]1O[C@@H]1C(=O)c1ccccc1. The van der Waals surface area contributed by atoms with Crippen LogP contribution in [0.15, 0.2) is 30.3 Å². The second kappa shape index (κ2) is 2.72. The third kappa shape index (κ3) is 1.25. The topological polar surface area (TPSA) is 29.6 Å². The zero-order valence-corrected chi connectivity index (χ0v) is 6.86. The molecule has 0 unspecified atom stereocenters. The number of hydrogen-bond acceptors (Lipinski definition) is 2. The lowest BCUT2D eigenvalue weighted by Gasteiger charge is -1.94. The molecule has 1 aromatic rings. The van der Waals surface area contributed by atoms with Crippen LogP contribution in [-0.4, -0.2) is 18.0 Å². The zero-order chi connectivity index (χ0) is 8.55. The Morgan fingerprint density at radius 3 is 2.42 bits per heavy atom. The van der Waals surface area contributed by atoms with Crippen LogP contribution in [0.3, 0.4) is 0 Å². The Balaban J connectivity index is 2.16. The van der Waals surface area contributed by atoms with Gasteiger partial charge in [0.1, 0.15) is 6.10 Å². The molecule has 12 heavy (non-hydrogen) atoms. The Kier molecular flexibility index (Phi) is 1.70. The molecule has 2 nitrogen and oxygen atoms in total. The summed E-state index contributed by atoms with van der Waals surface area (Å²) in [5.74, 6) is 0.100. The van der Waals surface area contributed by atoms with Crippen molar-refractivity contribution in [2.24, 2.45) is 0 Å². The fourth-order valence-electron chi connectivity index (χ4n) is 1.23. The molecule has 0 bridgehead atoms. The second-order valence-corrected chi connectivity index (χ2v) is 2.99. The van der Waals surface area contributed by atoms with Gasteiger partial charge in [-0.05, 0) is 6.92 Å². The smallest absolute Gasteiger partial charge is 0.194 e. The maximum absolute atomic E-state index is 11.5. The van der Waals surface area contributed by atoms with Crippen LogP contribution in [0.4, 0.5) is 0 Å². The lowest BCUT2D eigenvalue weighted by molar-refractivity contribution is 0.0953. The van der Waals surface area contributed by atoms with Crippen molar-refractivity contribution in [3.05, 3.63) is 35.9 Å². The first-order chi connectivity index (χ1) is 5.79. The van der Waals surface area contributed by atoms with E-state index in [0.29, 0.717) is 0 Å². The Hall–Kier alpha value is -1.15. The molecular formula is C10H10O2. The van der Waals surface area contributed by atoms with Crippen molar-refractivity contribution in [1.29, 1.82) is 0 Å². The van der Waals surface area contributed by atoms with Crippen LogP contribution in [-0.2, 0) is 4.74 Å². The normalized spacial score (nSPS) is 26.8. The van der Waals surface area contributed by atoms with Crippen LogP contribution in [0.25, 0.3) is 0 Å². The highest BCUT2D eigenvalue weighted by Crippen LogP contribution is 2.24. The second-order valence-electron chi connectivity index (χ2n) is 2.99. The van der Waals surface area contributed by atoms with Gasteiger partial charge in [0.25, 0.3) is 0 Å². The third-order valence-electron chi connectivity index (χ3n) is 2.03. The first kappa shape index (κ1) is 7.50. The van der Waals surface area contributed by atoms with E-state index in [1.807, 2.05) is 37.3 Å². The summed E-state index contributed by atoms with van der Waals surface area (Å²) in [6.45, 7) is 1.91. The Morgan fingerprint density at radius 1 is 1.33 bits per heavy atom. The highest BCUT2D eigenvalue weighted by Gasteiger charge is 2.41. The van der Waals surface area contributed by atoms with Gasteiger partial charge >= 0.3 is 0 Å². The molecule has 1 fully saturated rings. The van der Waals surface area contributed by atoms with Gasteiger partial charge in [0.15, 0.2) is 5.78 Å². The van der Waals surface area contributed by atoms with Crippen LogP contribution in [0.1, 0.15) is 17.3 Å². The molecule has 1 heterocycles. The summed E-state index contributed by atoms with van der Waals surface area (Å²) in [7, 11) is 0. The van der Waals surface area contributed by atoms with E-state index in [1.54, 1.807) is 0 Å². The molecule has 0 spiro atoms. The molecule has 1 saturated heterocycles. The van der Waals surface area contributed by atoms with Gasteiger partial charge in [-0.15, -0.1) is 0 Å². The largest absolute Gasteiger partial charge is 0.361 e. The summed E-state index contributed by atoms with van der Waals surface area (Å²) in [4.78, 5) is 11.5. The summed E-state index contributed by atoms with van der Waals surface area (Å²) in [5.41, 5.74) is 0.742. The molecule has 0 amide bonds. The fourth-order valence-corrected chi connectivity index (χ4v) is 1.23. The molecule has 2 atom stereocenters. The molecule has 0 N–H and O–H groups in total.